The zero-order chi connectivity index (χ0) is 15.0. The van der Waals surface area contributed by atoms with Crippen molar-refractivity contribution in [3.63, 3.8) is 0 Å². The van der Waals surface area contributed by atoms with Gasteiger partial charge in [-0.2, -0.15) is 5.10 Å². The molecule has 116 valence electrons. The summed E-state index contributed by atoms with van der Waals surface area (Å²) in [6, 6.07) is 0.739. The van der Waals surface area contributed by atoms with Crippen LogP contribution in [0.5, 0.6) is 0 Å². The number of hydrogen-bond donors (Lipinski definition) is 1. The van der Waals surface area contributed by atoms with Crippen molar-refractivity contribution in [3.8, 4) is 0 Å². The fourth-order valence-electron chi connectivity index (χ4n) is 3.50. The minimum atomic E-state index is 0.604. The Kier molecular flexibility index (Phi) is 3.89. The molecule has 1 fully saturated rings. The van der Waals surface area contributed by atoms with Gasteiger partial charge in [0.25, 0.3) is 0 Å². The molecule has 0 aromatic carbocycles. The lowest BCUT2D eigenvalue weighted by molar-refractivity contribution is 0.237. The fraction of sp³-hybridized carbons (Fsp3) is 0.733. The largest absolute Gasteiger partial charge is 0.369 e. The number of nitrogen functional groups attached to an aromatic ring is 1. The van der Waals surface area contributed by atoms with Gasteiger partial charge in [-0.1, -0.05) is 19.8 Å². The Morgan fingerprint density at radius 1 is 1.33 bits per heavy atom. The highest BCUT2D eigenvalue weighted by molar-refractivity contribution is 5.77. The Balaban J connectivity index is 1.80. The molecule has 6 heteroatoms. The van der Waals surface area contributed by atoms with Gasteiger partial charge in [-0.3, -0.25) is 9.25 Å². The van der Waals surface area contributed by atoms with Crippen molar-refractivity contribution in [1.82, 2.24) is 24.2 Å². The van der Waals surface area contributed by atoms with Crippen LogP contribution in [-0.4, -0.2) is 43.9 Å². The van der Waals surface area contributed by atoms with Crippen LogP contribution in [0.3, 0.4) is 0 Å². The van der Waals surface area contributed by atoms with Gasteiger partial charge >= 0.3 is 0 Å². The summed E-state index contributed by atoms with van der Waals surface area (Å²) in [5.74, 6) is 0.604. The first-order valence-corrected chi connectivity index (χ1v) is 7.99. The van der Waals surface area contributed by atoms with Crippen LogP contribution < -0.4 is 5.73 Å². The predicted octanol–water partition coefficient (Wildman–Crippen LogP) is 1.79. The van der Waals surface area contributed by atoms with Gasteiger partial charge in [-0.05, 0) is 26.3 Å². The second-order valence-electron chi connectivity index (χ2n) is 6.14. The average Bonchev–Trinajstić information content (AvgIpc) is 3.15. The van der Waals surface area contributed by atoms with Crippen LogP contribution in [0.15, 0.2) is 0 Å². The highest BCUT2D eigenvalue weighted by Gasteiger charge is 2.21. The number of nitrogens with two attached hydrogens (primary N) is 1. The molecule has 1 saturated carbocycles. The van der Waals surface area contributed by atoms with Crippen molar-refractivity contribution < 1.29 is 0 Å². The quantitative estimate of drug-likeness (QED) is 0.912. The third-order valence-corrected chi connectivity index (χ3v) is 4.78. The minimum absolute atomic E-state index is 0.604. The molecule has 0 unspecified atom stereocenters. The molecular formula is C15H26N6. The standard InChI is InChI=1S/C15H26N6/c1-4-12-13-14(20(3)18-12)21(15(16)17-13)10-9-19(2)11-7-5-6-8-11/h11H,4-10H2,1-3H3,(H2,16,17). The van der Waals surface area contributed by atoms with Gasteiger partial charge in [0.2, 0.25) is 5.95 Å². The molecule has 0 bridgehead atoms. The van der Waals surface area contributed by atoms with Gasteiger partial charge in [-0.15, -0.1) is 0 Å². The first-order chi connectivity index (χ1) is 10.1. The molecule has 1 aliphatic carbocycles. The Morgan fingerprint density at radius 3 is 2.71 bits per heavy atom. The third kappa shape index (κ3) is 2.52. The molecule has 0 saturated heterocycles. The molecule has 6 nitrogen and oxygen atoms in total. The summed E-state index contributed by atoms with van der Waals surface area (Å²) in [5, 5.41) is 4.54. The van der Waals surface area contributed by atoms with Gasteiger partial charge in [0, 0.05) is 26.2 Å². The lowest BCUT2D eigenvalue weighted by Crippen LogP contribution is -2.32. The van der Waals surface area contributed by atoms with Crippen LogP contribution in [0.2, 0.25) is 0 Å². The van der Waals surface area contributed by atoms with Crippen molar-refractivity contribution in [3.05, 3.63) is 5.69 Å². The number of anilines is 1. The average molecular weight is 290 g/mol. The van der Waals surface area contributed by atoms with E-state index in [1.54, 1.807) is 0 Å². The van der Waals surface area contributed by atoms with Crippen LogP contribution in [0.25, 0.3) is 11.2 Å². The second kappa shape index (κ2) is 5.67. The maximum atomic E-state index is 6.12. The molecule has 0 amide bonds. The lowest BCUT2D eigenvalue weighted by Gasteiger charge is -2.24. The fourth-order valence-corrected chi connectivity index (χ4v) is 3.50. The SMILES string of the molecule is CCc1nn(C)c2c1nc(N)n2CCN(C)C1CCCC1. The summed E-state index contributed by atoms with van der Waals surface area (Å²) in [5.41, 5.74) is 9.16. The summed E-state index contributed by atoms with van der Waals surface area (Å²) in [6.07, 6.45) is 6.28. The summed E-state index contributed by atoms with van der Waals surface area (Å²) in [7, 11) is 4.20. The molecule has 1 aliphatic rings. The smallest absolute Gasteiger partial charge is 0.202 e. The molecule has 2 aromatic rings. The molecule has 2 N–H and O–H groups in total. The maximum absolute atomic E-state index is 6.12. The number of aromatic nitrogens is 4. The number of hydrogen-bond acceptors (Lipinski definition) is 4. The van der Waals surface area contributed by atoms with E-state index >= 15 is 0 Å². The van der Waals surface area contributed by atoms with Gasteiger partial charge in [-0.25, -0.2) is 4.98 Å². The number of fused-ring (bicyclic) bond motifs is 1. The lowest BCUT2D eigenvalue weighted by atomic mass is 10.2. The summed E-state index contributed by atoms with van der Waals surface area (Å²) < 4.78 is 4.01. The molecule has 2 aromatic heterocycles. The zero-order valence-corrected chi connectivity index (χ0v) is 13.3. The van der Waals surface area contributed by atoms with E-state index in [0.29, 0.717) is 5.95 Å². The molecule has 0 aliphatic heterocycles. The molecular weight excluding hydrogens is 264 g/mol. The first kappa shape index (κ1) is 14.4. The van der Waals surface area contributed by atoms with Crippen molar-refractivity contribution >= 4 is 17.1 Å². The topological polar surface area (TPSA) is 64.9 Å². The molecule has 21 heavy (non-hydrogen) atoms. The number of nitrogens with zero attached hydrogens (tertiary/aromatic N) is 5. The van der Waals surface area contributed by atoms with E-state index in [9.17, 15) is 0 Å². The van der Waals surface area contributed by atoms with E-state index in [0.717, 1.165) is 42.4 Å². The number of likely N-dealkylation sites (N-methyl/N-ethyl adjacent to an activating group) is 1. The van der Waals surface area contributed by atoms with E-state index in [2.05, 4.69) is 33.5 Å². The highest BCUT2D eigenvalue weighted by atomic mass is 15.4. The normalized spacial score (nSPS) is 16.6. The van der Waals surface area contributed by atoms with Gasteiger partial charge in [0.1, 0.15) is 5.52 Å². The monoisotopic (exact) mass is 290 g/mol. The van der Waals surface area contributed by atoms with Crippen LogP contribution in [0, 0.1) is 0 Å². The van der Waals surface area contributed by atoms with Crippen molar-refractivity contribution in [2.75, 3.05) is 19.3 Å². The van der Waals surface area contributed by atoms with Crippen LogP contribution in [0.1, 0.15) is 38.3 Å². The molecule has 0 spiro atoms. The summed E-state index contributed by atoms with van der Waals surface area (Å²) in [6.45, 7) is 3.98. The molecule has 2 heterocycles. The summed E-state index contributed by atoms with van der Waals surface area (Å²) in [4.78, 5) is 6.99. The van der Waals surface area contributed by atoms with E-state index < -0.39 is 0 Å². The highest BCUT2D eigenvalue weighted by Crippen LogP contribution is 2.24. The second-order valence-corrected chi connectivity index (χ2v) is 6.14. The third-order valence-electron chi connectivity index (χ3n) is 4.78. The number of imidazole rings is 1. The predicted molar refractivity (Wildman–Crippen MR) is 85.2 cm³/mol. The molecule has 0 radical (unpaired) electrons. The zero-order valence-electron chi connectivity index (χ0n) is 13.3. The number of aryl methyl sites for hydroxylation is 2. The van der Waals surface area contributed by atoms with Crippen LogP contribution in [0.4, 0.5) is 5.95 Å². The maximum Gasteiger partial charge on any atom is 0.202 e. The van der Waals surface area contributed by atoms with Crippen LogP contribution in [-0.2, 0) is 20.0 Å². The Morgan fingerprint density at radius 2 is 2.05 bits per heavy atom. The van der Waals surface area contributed by atoms with Crippen LogP contribution >= 0.6 is 0 Å². The van der Waals surface area contributed by atoms with E-state index in [1.165, 1.54) is 25.7 Å². The Labute approximate surface area is 125 Å². The van der Waals surface area contributed by atoms with Gasteiger partial charge in [0.05, 0.1) is 5.69 Å². The molecule has 3 rings (SSSR count). The number of rotatable bonds is 5. The Bertz CT molecular complexity index is 620. The van der Waals surface area contributed by atoms with E-state index in [4.69, 9.17) is 5.73 Å². The summed E-state index contributed by atoms with van der Waals surface area (Å²) >= 11 is 0. The Hall–Kier alpha value is -1.56. The van der Waals surface area contributed by atoms with Crippen molar-refractivity contribution in [2.45, 2.75) is 51.6 Å². The first-order valence-electron chi connectivity index (χ1n) is 7.99. The van der Waals surface area contributed by atoms with Crippen molar-refractivity contribution in [1.29, 1.82) is 0 Å². The van der Waals surface area contributed by atoms with Gasteiger partial charge in [0.15, 0.2) is 5.65 Å². The minimum Gasteiger partial charge on any atom is -0.369 e. The molecule has 0 atom stereocenters. The van der Waals surface area contributed by atoms with Gasteiger partial charge < -0.3 is 10.6 Å². The van der Waals surface area contributed by atoms with Crippen molar-refractivity contribution in [2.24, 2.45) is 7.05 Å². The van der Waals surface area contributed by atoms with E-state index in [1.807, 2.05) is 11.7 Å². The van der Waals surface area contributed by atoms with E-state index in [-0.39, 0.29) is 0 Å².